The fourth-order valence-corrected chi connectivity index (χ4v) is 2.79. The van der Waals surface area contributed by atoms with Gasteiger partial charge < -0.3 is 4.90 Å². The Morgan fingerprint density at radius 3 is 2.42 bits per heavy atom. The molecule has 1 amide bonds. The molecule has 1 aliphatic rings. The van der Waals surface area contributed by atoms with Crippen molar-refractivity contribution in [2.75, 3.05) is 13.1 Å². The van der Waals surface area contributed by atoms with Gasteiger partial charge in [0.1, 0.15) is 5.82 Å². The van der Waals surface area contributed by atoms with Crippen molar-refractivity contribution in [3.63, 3.8) is 0 Å². The minimum absolute atomic E-state index is 0.0958. The lowest BCUT2D eigenvalue weighted by Gasteiger charge is -2.31. The number of nitrogens with zero attached hydrogens (tertiary/aromatic N) is 1. The molecule has 2 rings (SSSR count). The molecule has 0 spiro atoms. The molecule has 0 unspecified atom stereocenters. The second-order valence-corrected chi connectivity index (χ2v) is 5.72. The molecule has 1 aliphatic heterocycles. The molecule has 0 N–H and O–H groups in total. The van der Waals surface area contributed by atoms with Crippen LogP contribution in [0.5, 0.6) is 0 Å². The van der Waals surface area contributed by atoms with Gasteiger partial charge in [-0.2, -0.15) is 0 Å². The number of benzene rings is 1. The molecule has 3 heteroatoms. The Labute approximate surface area is 114 Å². The molecule has 1 heterocycles. The molecule has 104 valence electrons. The molecule has 0 bridgehead atoms. The zero-order chi connectivity index (χ0) is 14.0. The van der Waals surface area contributed by atoms with E-state index in [0.717, 1.165) is 37.1 Å². The molecule has 0 atom stereocenters. The van der Waals surface area contributed by atoms with E-state index in [4.69, 9.17) is 0 Å². The molecule has 1 aromatic rings. The van der Waals surface area contributed by atoms with E-state index in [1.165, 1.54) is 0 Å². The average molecular weight is 263 g/mol. The highest BCUT2D eigenvalue weighted by atomic mass is 19.1. The number of carbonyl (C=O) groups excluding carboxylic acids is 1. The van der Waals surface area contributed by atoms with E-state index in [1.807, 2.05) is 30.9 Å². The Hall–Kier alpha value is -1.38. The van der Waals surface area contributed by atoms with Gasteiger partial charge in [-0.25, -0.2) is 4.39 Å². The summed E-state index contributed by atoms with van der Waals surface area (Å²) in [7, 11) is 0. The van der Waals surface area contributed by atoms with Gasteiger partial charge in [0, 0.05) is 20.0 Å². The van der Waals surface area contributed by atoms with Crippen LogP contribution < -0.4 is 0 Å². The predicted octanol–water partition coefficient (Wildman–Crippen LogP) is 3.68. The van der Waals surface area contributed by atoms with E-state index in [-0.39, 0.29) is 17.6 Å². The number of amides is 1. The van der Waals surface area contributed by atoms with Crippen molar-refractivity contribution < 1.29 is 9.18 Å². The van der Waals surface area contributed by atoms with Gasteiger partial charge in [0.25, 0.3) is 0 Å². The minimum atomic E-state index is -0.0958. The number of hydrogen-bond acceptors (Lipinski definition) is 1. The van der Waals surface area contributed by atoms with Gasteiger partial charge in [-0.3, -0.25) is 4.79 Å². The van der Waals surface area contributed by atoms with Gasteiger partial charge in [0.05, 0.1) is 0 Å². The zero-order valence-electron chi connectivity index (χ0n) is 11.9. The van der Waals surface area contributed by atoms with Gasteiger partial charge in [-0.15, -0.1) is 0 Å². The second-order valence-electron chi connectivity index (χ2n) is 5.72. The zero-order valence-corrected chi connectivity index (χ0v) is 11.9. The van der Waals surface area contributed by atoms with Crippen molar-refractivity contribution in [3.8, 4) is 0 Å². The summed E-state index contributed by atoms with van der Waals surface area (Å²) in [6, 6.07) is 5.64. The molecule has 1 aromatic carbocycles. The lowest BCUT2D eigenvalue weighted by molar-refractivity contribution is -0.129. The molecular formula is C16H22FNO. The first-order valence-electron chi connectivity index (χ1n) is 7.04. The first-order valence-corrected chi connectivity index (χ1v) is 7.04. The quantitative estimate of drug-likeness (QED) is 0.797. The number of halogens is 1. The van der Waals surface area contributed by atoms with Crippen molar-refractivity contribution in [3.05, 3.63) is 35.1 Å². The van der Waals surface area contributed by atoms with Gasteiger partial charge in [0.2, 0.25) is 5.91 Å². The highest BCUT2D eigenvalue weighted by Gasteiger charge is 2.22. The smallest absolute Gasteiger partial charge is 0.219 e. The van der Waals surface area contributed by atoms with Gasteiger partial charge in [-0.1, -0.05) is 26.0 Å². The molecule has 2 nitrogen and oxygen atoms in total. The topological polar surface area (TPSA) is 20.3 Å². The van der Waals surface area contributed by atoms with Crippen molar-refractivity contribution >= 4 is 5.91 Å². The maximum Gasteiger partial charge on any atom is 0.219 e. The van der Waals surface area contributed by atoms with Crippen LogP contribution in [-0.2, 0) is 4.79 Å². The number of carbonyl (C=O) groups is 1. The number of likely N-dealkylation sites (tertiary alicyclic amines) is 1. The largest absolute Gasteiger partial charge is 0.343 e. The van der Waals surface area contributed by atoms with Crippen LogP contribution in [0.2, 0.25) is 0 Å². The Balaban J connectivity index is 2.08. The van der Waals surface area contributed by atoms with Crippen LogP contribution in [0.4, 0.5) is 4.39 Å². The van der Waals surface area contributed by atoms with Crippen LogP contribution in [0.1, 0.15) is 56.6 Å². The van der Waals surface area contributed by atoms with Gasteiger partial charge >= 0.3 is 0 Å². The number of hydrogen-bond donors (Lipinski definition) is 0. The Bertz CT molecular complexity index is 462. The highest BCUT2D eigenvalue weighted by molar-refractivity contribution is 5.73. The van der Waals surface area contributed by atoms with E-state index in [1.54, 1.807) is 13.0 Å². The highest BCUT2D eigenvalue weighted by Crippen LogP contribution is 2.30. The van der Waals surface area contributed by atoms with E-state index in [9.17, 15) is 9.18 Å². The normalized spacial score (nSPS) is 17.0. The fraction of sp³-hybridized carbons (Fsp3) is 0.562. The number of rotatable bonds is 2. The Kier molecular flexibility index (Phi) is 4.23. The van der Waals surface area contributed by atoms with E-state index in [2.05, 4.69) is 0 Å². The molecule has 0 aliphatic carbocycles. The van der Waals surface area contributed by atoms with E-state index in [0.29, 0.717) is 5.92 Å². The molecule has 1 saturated heterocycles. The molecule has 0 radical (unpaired) electrons. The van der Waals surface area contributed by atoms with E-state index >= 15 is 0 Å². The molecule has 0 saturated carbocycles. The molecular weight excluding hydrogens is 241 g/mol. The summed E-state index contributed by atoms with van der Waals surface area (Å²) in [4.78, 5) is 13.2. The maximum atomic E-state index is 14.0. The van der Waals surface area contributed by atoms with Gasteiger partial charge in [-0.05, 0) is 41.9 Å². The SMILES string of the molecule is CC(=O)N1CCC(c2ccc(C(C)C)c(F)c2)CC1. The summed E-state index contributed by atoms with van der Waals surface area (Å²) in [6.07, 6.45) is 1.86. The van der Waals surface area contributed by atoms with Gasteiger partial charge in [0.15, 0.2) is 0 Å². The van der Waals surface area contributed by atoms with Crippen LogP contribution in [0.3, 0.4) is 0 Å². The van der Waals surface area contributed by atoms with Crippen molar-refractivity contribution in [2.45, 2.75) is 45.4 Å². The third-order valence-corrected chi connectivity index (χ3v) is 4.06. The predicted molar refractivity (Wildman–Crippen MR) is 74.7 cm³/mol. The van der Waals surface area contributed by atoms with Crippen LogP contribution in [-0.4, -0.2) is 23.9 Å². The summed E-state index contributed by atoms with van der Waals surface area (Å²) >= 11 is 0. The van der Waals surface area contributed by atoms with Crippen LogP contribution in [0.15, 0.2) is 18.2 Å². The maximum absolute atomic E-state index is 14.0. The first-order chi connectivity index (χ1) is 8.99. The van der Waals surface area contributed by atoms with Crippen molar-refractivity contribution in [2.24, 2.45) is 0 Å². The Morgan fingerprint density at radius 2 is 1.95 bits per heavy atom. The van der Waals surface area contributed by atoms with Crippen molar-refractivity contribution in [1.29, 1.82) is 0 Å². The summed E-state index contributed by atoms with van der Waals surface area (Å²) in [5.74, 6) is 0.640. The summed E-state index contributed by atoms with van der Waals surface area (Å²) < 4.78 is 14.0. The van der Waals surface area contributed by atoms with Crippen LogP contribution in [0.25, 0.3) is 0 Å². The monoisotopic (exact) mass is 263 g/mol. The summed E-state index contributed by atoms with van der Waals surface area (Å²) in [6.45, 7) is 7.19. The third-order valence-electron chi connectivity index (χ3n) is 4.06. The lowest BCUT2D eigenvalue weighted by Crippen LogP contribution is -2.36. The Morgan fingerprint density at radius 1 is 1.32 bits per heavy atom. The molecule has 1 fully saturated rings. The molecule has 0 aromatic heterocycles. The minimum Gasteiger partial charge on any atom is -0.343 e. The van der Waals surface area contributed by atoms with E-state index < -0.39 is 0 Å². The fourth-order valence-electron chi connectivity index (χ4n) is 2.79. The number of piperidine rings is 1. The molecule has 19 heavy (non-hydrogen) atoms. The summed E-state index contributed by atoms with van der Waals surface area (Å²) in [5.41, 5.74) is 1.86. The average Bonchev–Trinajstić information content (AvgIpc) is 2.38. The van der Waals surface area contributed by atoms with Crippen LogP contribution in [0, 0.1) is 5.82 Å². The third kappa shape index (κ3) is 3.14. The standard InChI is InChI=1S/C16H22FNO/c1-11(2)15-5-4-14(10-16(15)17)13-6-8-18(9-7-13)12(3)19/h4-5,10-11,13H,6-9H2,1-3H3. The summed E-state index contributed by atoms with van der Waals surface area (Å²) in [5, 5.41) is 0. The second kappa shape index (κ2) is 5.72. The van der Waals surface area contributed by atoms with Crippen molar-refractivity contribution in [1.82, 2.24) is 4.90 Å². The first kappa shape index (κ1) is 14.0. The lowest BCUT2D eigenvalue weighted by atomic mass is 9.88. The van der Waals surface area contributed by atoms with Crippen LogP contribution >= 0.6 is 0 Å².